The van der Waals surface area contributed by atoms with Crippen LogP contribution in [-0.2, 0) is 0 Å². The first-order chi connectivity index (χ1) is 13.6. The van der Waals surface area contributed by atoms with Crippen molar-refractivity contribution in [3.05, 3.63) is 83.2 Å². The van der Waals surface area contributed by atoms with Gasteiger partial charge in [-0.1, -0.05) is 24.3 Å². The van der Waals surface area contributed by atoms with Crippen LogP contribution in [-0.4, -0.2) is 29.3 Å². The zero-order valence-electron chi connectivity index (χ0n) is 15.7. The second-order valence-electron chi connectivity index (χ2n) is 6.16. The van der Waals surface area contributed by atoms with Gasteiger partial charge in [0, 0.05) is 29.2 Å². The van der Waals surface area contributed by atoms with Crippen molar-refractivity contribution in [2.24, 2.45) is 4.99 Å². The number of methoxy groups -OCH3 is 1. The van der Waals surface area contributed by atoms with Crippen LogP contribution in [0.2, 0.25) is 0 Å². The third kappa shape index (κ3) is 4.54. The monoisotopic (exact) mass is 375 g/mol. The molecule has 3 rings (SSSR count). The molecule has 1 aromatic heterocycles. The van der Waals surface area contributed by atoms with Crippen LogP contribution in [0.15, 0.2) is 77.1 Å². The summed E-state index contributed by atoms with van der Waals surface area (Å²) in [4.78, 5) is 20.9. The summed E-state index contributed by atoms with van der Waals surface area (Å²) in [6.45, 7) is 1.86. The Hall–Kier alpha value is -3.67. The molecular weight excluding hydrogens is 354 g/mol. The Bertz CT molecular complexity index is 1000. The van der Waals surface area contributed by atoms with E-state index in [2.05, 4.69) is 15.3 Å². The molecule has 0 unspecified atom stereocenters. The zero-order valence-corrected chi connectivity index (χ0v) is 15.7. The maximum atomic E-state index is 12.6. The summed E-state index contributed by atoms with van der Waals surface area (Å²) in [6.07, 6.45) is 11.3. The van der Waals surface area contributed by atoms with Crippen LogP contribution >= 0.6 is 0 Å². The quantitative estimate of drug-likeness (QED) is 0.774. The van der Waals surface area contributed by atoms with E-state index >= 15 is 0 Å². The van der Waals surface area contributed by atoms with Crippen molar-refractivity contribution < 1.29 is 14.6 Å². The fourth-order valence-corrected chi connectivity index (χ4v) is 2.74. The van der Waals surface area contributed by atoms with Crippen LogP contribution in [0.1, 0.15) is 22.3 Å². The van der Waals surface area contributed by atoms with Gasteiger partial charge in [0.15, 0.2) is 11.6 Å². The van der Waals surface area contributed by atoms with E-state index in [9.17, 15) is 9.90 Å². The van der Waals surface area contributed by atoms with Crippen molar-refractivity contribution in [3.8, 4) is 11.5 Å². The normalized spacial score (nSPS) is 13.6. The topological polar surface area (TPSA) is 83.8 Å². The summed E-state index contributed by atoms with van der Waals surface area (Å²) in [5.74, 6) is 0.780. The fourth-order valence-electron chi connectivity index (χ4n) is 2.74. The van der Waals surface area contributed by atoms with Gasteiger partial charge in [0.1, 0.15) is 5.75 Å². The van der Waals surface area contributed by atoms with Crippen LogP contribution in [0, 0.1) is 6.92 Å². The molecule has 0 spiro atoms. The SMILES string of the molecule is COc1cccc(C(=O)NC2=CCC(/C=N/c3ncccc3O)=CC=C2)c1C. The molecule has 0 saturated heterocycles. The molecule has 142 valence electrons. The van der Waals surface area contributed by atoms with Crippen LogP contribution in [0.3, 0.4) is 0 Å². The molecule has 6 heteroatoms. The number of nitrogens with one attached hydrogen (secondary N) is 1. The summed E-state index contributed by atoms with van der Waals surface area (Å²) < 4.78 is 5.28. The van der Waals surface area contributed by atoms with Gasteiger partial charge >= 0.3 is 0 Å². The van der Waals surface area contributed by atoms with Crippen molar-refractivity contribution in [3.63, 3.8) is 0 Å². The Labute approximate surface area is 163 Å². The van der Waals surface area contributed by atoms with Crippen LogP contribution in [0.5, 0.6) is 11.5 Å². The average Bonchev–Trinajstić information content (AvgIpc) is 2.92. The lowest BCUT2D eigenvalue weighted by molar-refractivity contribution is 0.0966. The van der Waals surface area contributed by atoms with Gasteiger partial charge in [0.05, 0.1) is 7.11 Å². The Morgan fingerprint density at radius 3 is 2.96 bits per heavy atom. The Morgan fingerprint density at radius 1 is 1.32 bits per heavy atom. The molecular formula is C22H21N3O3. The molecule has 0 saturated carbocycles. The number of aliphatic imine (C=N–C) groups is 1. The van der Waals surface area contributed by atoms with E-state index in [-0.39, 0.29) is 17.5 Å². The number of aromatic nitrogens is 1. The number of benzene rings is 1. The van der Waals surface area contributed by atoms with Crippen molar-refractivity contribution in [2.75, 3.05) is 7.11 Å². The first kappa shape index (κ1) is 19.1. The van der Waals surface area contributed by atoms with Crippen molar-refractivity contribution in [1.29, 1.82) is 0 Å². The first-order valence-corrected chi connectivity index (χ1v) is 8.79. The number of rotatable bonds is 5. The summed E-state index contributed by atoms with van der Waals surface area (Å²) in [5, 5.41) is 12.6. The number of carbonyl (C=O) groups excluding carboxylic acids is 1. The Kier molecular flexibility index (Phi) is 6.01. The number of carbonyl (C=O) groups is 1. The molecule has 6 nitrogen and oxygen atoms in total. The van der Waals surface area contributed by atoms with Crippen LogP contribution in [0.4, 0.5) is 5.82 Å². The largest absolute Gasteiger partial charge is 0.504 e. The molecule has 0 radical (unpaired) electrons. The zero-order chi connectivity index (χ0) is 19.9. The maximum Gasteiger partial charge on any atom is 0.256 e. The Balaban J connectivity index is 1.68. The minimum absolute atomic E-state index is 0.0284. The maximum absolute atomic E-state index is 12.6. The minimum Gasteiger partial charge on any atom is -0.504 e. The lowest BCUT2D eigenvalue weighted by Gasteiger charge is -2.11. The summed E-state index contributed by atoms with van der Waals surface area (Å²) in [7, 11) is 1.58. The van der Waals surface area contributed by atoms with E-state index < -0.39 is 0 Å². The summed E-state index contributed by atoms with van der Waals surface area (Å²) in [5.41, 5.74) is 2.98. The predicted molar refractivity (Wildman–Crippen MR) is 109 cm³/mol. The number of pyridine rings is 1. The standard InChI is InChI=1S/C22H21N3O3/c1-15-18(8-4-10-20(15)28-2)22(27)25-17-7-3-6-16(11-12-17)14-24-21-19(26)9-5-13-23-21/h3-10,12-14,26H,11H2,1-2H3,(H,25,27)/b24-14+. The van der Waals surface area contributed by atoms with Crippen LogP contribution < -0.4 is 10.1 Å². The highest BCUT2D eigenvalue weighted by Gasteiger charge is 2.13. The number of hydrogen-bond acceptors (Lipinski definition) is 5. The molecule has 28 heavy (non-hydrogen) atoms. The average molecular weight is 375 g/mol. The number of aromatic hydroxyl groups is 1. The van der Waals surface area contributed by atoms with Gasteiger partial charge < -0.3 is 15.2 Å². The smallest absolute Gasteiger partial charge is 0.256 e. The lowest BCUT2D eigenvalue weighted by Crippen LogP contribution is -2.22. The van der Waals surface area contributed by atoms with E-state index in [1.54, 1.807) is 37.7 Å². The highest BCUT2D eigenvalue weighted by atomic mass is 16.5. The molecule has 1 aromatic carbocycles. The van der Waals surface area contributed by atoms with Gasteiger partial charge in [-0.3, -0.25) is 4.79 Å². The number of ether oxygens (including phenoxy) is 1. The highest BCUT2D eigenvalue weighted by molar-refractivity contribution is 5.97. The summed E-state index contributed by atoms with van der Waals surface area (Å²) in [6, 6.07) is 8.57. The lowest BCUT2D eigenvalue weighted by atomic mass is 10.1. The molecule has 0 fully saturated rings. The van der Waals surface area contributed by atoms with E-state index in [1.807, 2.05) is 37.3 Å². The van der Waals surface area contributed by atoms with Crippen molar-refractivity contribution >= 4 is 17.9 Å². The Morgan fingerprint density at radius 2 is 2.18 bits per heavy atom. The van der Waals surface area contributed by atoms with Gasteiger partial charge in [-0.25, -0.2) is 9.98 Å². The van der Waals surface area contributed by atoms with Gasteiger partial charge in [0.25, 0.3) is 5.91 Å². The van der Waals surface area contributed by atoms with Crippen molar-refractivity contribution in [2.45, 2.75) is 13.3 Å². The van der Waals surface area contributed by atoms with Gasteiger partial charge in [-0.2, -0.15) is 0 Å². The number of amides is 1. The second-order valence-corrected chi connectivity index (χ2v) is 6.16. The third-order valence-electron chi connectivity index (χ3n) is 4.27. The van der Waals surface area contributed by atoms with Gasteiger partial charge in [-0.15, -0.1) is 0 Å². The minimum atomic E-state index is -0.192. The molecule has 1 aliphatic carbocycles. The van der Waals surface area contributed by atoms with Gasteiger partial charge in [-0.05, 0) is 49.3 Å². The molecule has 0 bridgehead atoms. The van der Waals surface area contributed by atoms with Crippen molar-refractivity contribution in [1.82, 2.24) is 10.3 Å². The third-order valence-corrected chi connectivity index (χ3v) is 4.27. The molecule has 1 aliphatic rings. The van der Waals surface area contributed by atoms with E-state index in [0.717, 1.165) is 11.1 Å². The molecule has 0 atom stereocenters. The number of allylic oxidation sites excluding steroid dienone is 5. The fraction of sp³-hybridized carbons (Fsp3) is 0.136. The van der Waals surface area contributed by atoms with E-state index in [1.165, 1.54) is 6.07 Å². The number of nitrogens with zero attached hydrogens (tertiary/aromatic N) is 2. The predicted octanol–water partition coefficient (Wildman–Crippen LogP) is 4.01. The van der Waals surface area contributed by atoms with E-state index in [0.29, 0.717) is 23.4 Å². The highest BCUT2D eigenvalue weighted by Crippen LogP contribution is 2.23. The number of hydrogen-bond donors (Lipinski definition) is 2. The molecule has 1 amide bonds. The van der Waals surface area contributed by atoms with Gasteiger partial charge in [0.2, 0.25) is 0 Å². The molecule has 0 aliphatic heterocycles. The molecule has 2 N–H and O–H groups in total. The summed E-state index contributed by atoms with van der Waals surface area (Å²) >= 11 is 0. The van der Waals surface area contributed by atoms with E-state index in [4.69, 9.17) is 4.74 Å². The molecule has 2 aromatic rings. The van der Waals surface area contributed by atoms with Crippen LogP contribution in [0.25, 0.3) is 0 Å². The first-order valence-electron chi connectivity index (χ1n) is 8.79. The molecule has 1 heterocycles. The second kappa shape index (κ2) is 8.81.